The van der Waals surface area contributed by atoms with Crippen LogP contribution in [0.15, 0.2) is 59.1 Å². The standard InChI is InChI=1S/C23H25BrN6O/c1-28-10-12-29(13-11-28)15-22(31)30-21(23-25-18-4-2-3-5-19(18)26-23)14-20(27-30)16-6-8-17(24)9-7-16/h2-9,14,21,27H,10-13,15H2,1H3,(H,25,26)/p+2. The van der Waals surface area contributed by atoms with Crippen LogP contribution in [0.4, 0.5) is 0 Å². The largest absolute Gasteiger partial charge is 0.340 e. The van der Waals surface area contributed by atoms with Gasteiger partial charge in [0.1, 0.15) is 38.0 Å². The highest BCUT2D eigenvalue weighted by Gasteiger charge is 2.35. The lowest BCUT2D eigenvalue weighted by atomic mass is 10.1. The average Bonchev–Trinajstić information content (AvgIpc) is 3.40. The van der Waals surface area contributed by atoms with Crippen LogP contribution in [-0.4, -0.2) is 60.7 Å². The number of hydrogen-bond donors (Lipinski definition) is 4. The molecule has 2 aromatic carbocycles. The monoisotopic (exact) mass is 482 g/mol. The van der Waals surface area contributed by atoms with Crippen molar-refractivity contribution in [2.75, 3.05) is 39.8 Å². The van der Waals surface area contributed by atoms with Gasteiger partial charge in [0.05, 0.1) is 23.8 Å². The summed E-state index contributed by atoms with van der Waals surface area (Å²) in [6.07, 6.45) is 2.09. The predicted octanol–water partition coefficient (Wildman–Crippen LogP) is 0.168. The van der Waals surface area contributed by atoms with E-state index in [9.17, 15) is 4.79 Å². The Morgan fingerprint density at radius 3 is 2.61 bits per heavy atom. The number of nitrogens with one attached hydrogen (secondary N) is 4. The van der Waals surface area contributed by atoms with Crippen molar-refractivity contribution in [2.45, 2.75) is 6.04 Å². The minimum atomic E-state index is -0.281. The summed E-state index contributed by atoms with van der Waals surface area (Å²) in [6.45, 7) is 4.73. The molecule has 1 saturated heterocycles. The van der Waals surface area contributed by atoms with Gasteiger partial charge in [-0.3, -0.25) is 10.2 Å². The molecule has 7 nitrogen and oxygen atoms in total. The number of carbonyl (C=O) groups excluding carboxylic acids is 1. The fourth-order valence-electron chi connectivity index (χ4n) is 4.30. The zero-order valence-corrected chi connectivity index (χ0v) is 19.1. The van der Waals surface area contributed by atoms with Crippen molar-refractivity contribution in [1.82, 2.24) is 20.4 Å². The summed E-state index contributed by atoms with van der Waals surface area (Å²) in [4.78, 5) is 24.4. The number of hydrazine groups is 1. The normalized spacial score (nSPS) is 23.6. The molecule has 8 heteroatoms. The summed E-state index contributed by atoms with van der Waals surface area (Å²) >= 11 is 3.49. The number of fused-ring (bicyclic) bond motifs is 1. The molecule has 1 unspecified atom stereocenters. The van der Waals surface area contributed by atoms with Crippen molar-refractivity contribution in [3.05, 3.63) is 70.5 Å². The number of hydrogen-bond acceptors (Lipinski definition) is 3. The van der Waals surface area contributed by atoms with Crippen LogP contribution in [-0.2, 0) is 4.79 Å². The minimum Gasteiger partial charge on any atom is -0.340 e. The molecule has 2 aliphatic heterocycles. The van der Waals surface area contributed by atoms with Crippen LogP contribution in [0.5, 0.6) is 0 Å². The molecule has 0 aliphatic carbocycles. The van der Waals surface area contributed by atoms with E-state index in [4.69, 9.17) is 4.98 Å². The van der Waals surface area contributed by atoms with E-state index in [0.29, 0.717) is 6.54 Å². The summed E-state index contributed by atoms with van der Waals surface area (Å²) in [5, 5.41) is 1.74. The van der Waals surface area contributed by atoms with Gasteiger partial charge >= 0.3 is 0 Å². The number of piperazine rings is 1. The van der Waals surface area contributed by atoms with Crippen LogP contribution in [0.1, 0.15) is 17.4 Å². The number of likely N-dealkylation sites (N-methyl/N-ethyl adjacent to an activating group) is 1. The van der Waals surface area contributed by atoms with E-state index in [-0.39, 0.29) is 11.9 Å². The number of aromatic nitrogens is 2. The molecular formula is C23H27BrN6O+2. The highest BCUT2D eigenvalue weighted by atomic mass is 79.9. The highest BCUT2D eigenvalue weighted by Crippen LogP contribution is 2.31. The Kier molecular flexibility index (Phi) is 5.52. The number of benzene rings is 2. The van der Waals surface area contributed by atoms with Crippen molar-refractivity contribution < 1.29 is 14.6 Å². The first-order chi connectivity index (χ1) is 15.1. The van der Waals surface area contributed by atoms with Crippen LogP contribution >= 0.6 is 15.9 Å². The van der Waals surface area contributed by atoms with E-state index in [1.54, 1.807) is 5.01 Å². The topological polar surface area (TPSA) is 69.9 Å². The lowest BCUT2D eigenvalue weighted by Gasteiger charge is -2.29. The zero-order valence-electron chi connectivity index (χ0n) is 17.5. The van der Waals surface area contributed by atoms with Gasteiger partial charge in [-0.2, -0.15) is 0 Å². The van der Waals surface area contributed by atoms with Crippen molar-refractivity contribution in [2.24, 2.45) is 0 Å². The smallest absolute Gasteiger partial charge is 0.297 e. The van der Waals surface area contributed by atoms with Gasteiger partial charge in [-0.15, -0.1) is 0 Å². The quantitative estimate of drug-likeness (QED) is 0.428. The lowest BCUT2D eigenvalue weighted by molar-refractivity contribution is -1.000. The van der Waals surface area contributed by atoms with Gasteiger partial charge in [0.15, 0.2) is 6.54 Å². The van der Waals surface area contributed by atoms with Gasteiger partial charge in [-0.25, -0.2) is 9.99 Å². The molecule has 2 aliphatic rings. The molecule has 4 N–H and O–H groups in total. The fourth-order valence-corrected chi connectivity index (χ4v) is 4.56. The van der Waals surface area contributed by atoms with Gasteiger partial charge in [-0.1, -0.05) is 40.2 Å². The van der Waals surface area contributed by atoms with E-state index in [1.807, 2.05) is 48.5 Å². The molecule has 31 heavy (non-hydrogen) atoms. The Bertz CT molecular complexity index is 1080. The van der Waals surface area contributed by atoms with Gasteiger partial charge in [0.25, 0.3) is 5.91 Å². The number of halogens is 1. The zero-order chi connectivity index (χ0) is 21.4. The number of carbonyl (C=O) groups is 1. The van der Waals surface area contributed by atoms with Crippen molar-refractivity contribution >= 4 is 38.6 Å². The van der Waals surface area contributed by atoms with E-state index in [1.165, 1.54) is 9.80 Å². The summed E-state index contributed by atoms with van der Waals surface area (Å²) < 4.78 is 1.03. The van der Waals surface area contributed by atoms with Gasteiger partial charge in [-0.05, 0) is 35.9 Å². The van der Waals surface area contributed by atoms with Crippen molar-refractivity contribution in [3.63, 3.8) is 0 Å². The molecule has 5 rings (SSSR count). The van der Waals surface area contributed by atoms with Gasteiger partial charge in [0.2, 0.25) is 0 Å². The SMILES string of the molecule is C[NH+]1CC[NH+](CC(=O)N2NC(c3ccc(Br)cc3)=CC2c2nc3ccccc3[nH]2)CC1. The molecule has 1 amide bonds. The van der Waals surface area contributed by atoms with Gasteiger partial charge in [0, 0.05) is 4.47 Å². The average molecular weight is 483 g/mol. The van der Waals surface area contributed by atoms with Crippen LogP contribution in [0.3, 0.4) is 0 Å². The van der Waals surface area contributed by atoms with Crippen molar-refractivity contribution in [1.29, 1.82) is 0 Å². The Hall–Kier alpha value is -2.68. The first-order valence-electron chi connectivity index (χ1n) is 10.7. The maximum Gasteiger partial charge on any atom is 0.297 e. The molecule has 1 fully saturated rings. The van der Waals surface area contributed by atoms with E-state index < -0.39 is 0 Å². The Balaban J connectivity index is 1.43. The molecule has 0 spiro atoms. The number of rotatable bonds is 4. The molecule has 1 aromatic heterocycles. The second-order valence-corrected chi connectivity index (χ2v) is 9.35. The van der Waals surface area contributed by atoms with Gasteiger partial charge < -0.3 is 14.8 Å². The summed E-state index contributed by atoms with van der Waals surface area (Å²) in [5.41, 5.74) is 7.21. The molecule has 1 atom stereocenters. The predicted molar refractivity (Wildman–Crippen MR) is 123 cm³/mol. The van der Waals surface area contributed by atoms with Crippen LogP contribution in [0.25, 0.3) is 16.7 Å². The molecule has 3 heterocycles. The second kappa shape index (κ2) is 8.45. The molecule has 0 radical (unpaired) electrons. The fraction of sp³-hybridized carbons (Fsp3) is 0.304. The van der Waals surface area contributed by atoms with E-state index in [0.717, 1.165) is 58.8 Å². The molecule has 0 saturated carbocycles. The molecule has 0 bridgehead atoms. The minimum absolute atomic E-state index is 0.0865. The summed E-state index contributed by atoms with van der Waals surface area (Å²) in [6, 6.07) is 15.8. The first kappa shape index (κ1) is 20.2. The van der Waals surface area contributed by atoms with Crippen molar-refractivity contribution in [3.8, 4) is 0 Å². The Morgan fingerprint density at radius 2 is 1.87 bits per heavy atom. The summed E-state index contributed by atoms with van der Waals surface area (Å²) in [5.74, 6) is 0.857. The third-order valence-electron chi connectivity index (χ3n) is 6.17. The number of para-hydroxylation sites is 2. The first-order valence-corrected chi connectivity index (χ1v) is 11.5. The maximum atomic E-state index is 13.4. The number of nitrogens with zero attached hydrogens (tertiary/aromatic N) is 2. The third kappa shape index (κ3) is 4.23. The van der Waals surface area contributed by atoms with E-state index >= 15 is 0 Å². The van der Waals surface area contributed by atoms with Crippen LogP contribution in [0.2, 0.25) is 0 Å². The molecular weight excluding hydrogens is 456 g/mol. The Morgan fingerprint density at radius 1 is 1.13 bits per heavy atom. The number of imidazole rings is 1. The second-order valence-electron chi connectivity index (χ2n) is 8.43. The summed E-state index contributed by atoms with van der Waals surface area (Å²) in [7, 11) is 2.21. The van der Waals surface area contributed by atoms with Crippen LogP contribution in [0, 0.1) is 0 Å². The highest BCUT2D eigenvalue weighted by molar-refractivity contribution is 9.10. The van der Waals surface area contributed by atoms with E-state index in [2.05, 4.69) is 39.5 Å². The van der Waals surface area contributed by atoms with Crippen LogP contribution < -0.4 is 15.2 Å². The third-order valence-corrected chi connectivity index (χ3v) is 6.70. The molecule has 160 valence electrons. The molecule has 3 aromatic rings. The maximum absolute atomic E-state index is 13.4. The number of amides is 1. The Labute approximate surface area is 189 Å². The number of H-pyrrole nitrogens is 1. The number of aromatic amines is 1. The number of quaternary nitrogens is 2. The lowest BCUT2D eigenvalue weighted by Crippen LogP contribution is -3.27.